The van der Waals surface area contributed by atoms with Crippen molar-refractivity contribution in [3.05, 3.63) is 42.5 Å². The predicted octanol–water partition coefficient (Wildman–Crippen LogP) is 1.11. The van der Waals surface area contributed by atoms with Gasteiger partial charge in [0.1, 0.15) is 10.4 Å². The number of hydrogen-bond donors (Lipinski definition) is 1. The minimum atomic E-state index is 0.950. The Labute approximate surface area is 70.6 Å². The predicted molar refractivity (Wildman–Crippen MR) is 53.9 cm³/mol. The summed E-state index contributed by atoms with van der Waals surface area (Å²) >= 11 is 0. The van der Waals surface area contributed by atoms with Gasteiger partial charge in [-0.1, -0.05) is 24.3 Å². The molecule has 0 amide bonds. The van der Waals surface area contributed by atoms with Gasteiger partial charge in [-0.3, -0.25) is 0 Å². The summed E-state index contributed by atoms with van der Waals surface area (Å²) in [4.78, 5) is 3.27. The van der Waals surface area contributed by atoms with Gasteiger partial charge in [0.2, 0.25) is 0 Å². The molecule has 1 nitrogen and oxygen atoms in total. The van der Waals surface area contributed by atoms with Gasteiger partial charge < -0.3 is 4.98 Å². The zero-order valence-electron chi connectivity index (χ0n) is 6.80. The number of anilines is 1. The monoisotopic (exact) mass is 163 g/mol. The van der Waals surface area contributed by atoms with Crippen molar-refractivity contribution in [2.45, 2.75) is 6.42 Å². The van der Waals surface area contributed by atoms with Crippen LogP contribution in [0.4, 0.5) is 5.69 Å². The van der Waals surface area contributed by atoms with Crippen molar-refractivity contribution < 1.29 is 0 Å². The molecule has 1 N–H and O–H groups in total. The molecule has 0 aliphatic rings. The van der Waals surface area contributed by atoms with E-state index in [4.69, 9.17) is 0 Å². The number of benzene rings is 1. The van der Waals surface area contributed by atoms with Crippen LogP contribution in [0.1, 0.15) is 5.56 Å². The van der Waals surface area contributed by atoms with E-state index in [2.05, 4.69) is 29.8 Å². The average Bonchev–Trinajstić information content (AvgIpc) is 2.06. The van der Waals surface area contributed by atoms with Crippen molar-refractivity contribution >= 4 is 16.1 Å². The fourth-order valence-corrected chi connectivity index (χ4v) is 1.59. The van der Waals surface area contributed by atoms with Crippen molar-refractivity contribution in [3.63, 3.8) is 0 Å². The second-order valence-corrected chi connectivity index (χ2v) is 2.90. The zero-order valence-corrected chi connectivity index (χ0v) is 8.80. The molecule has 2 heteroatoms. The van der Waals surface area contributed by atoms with Gasteiger partial charge >= 0.3 is 0 Å². The lowest BCUT2D eigenvalue weighted by Gasteiger charge is -2.05. The van der Waals surface area contributed by atoms with Crippen LogP contribution in [0.15, 0.2) is 36.9 Å². The van der Waals surface area contributed by atoms with E-state index < -0.39 is 0 Å². The molecule has 0 unspecified atom stereocenters. The zero-order chi connectivity index (χ0) is 8.10. The lowest BCUT2D eigenvalue weighted by Crippen LogP contribution is -1.95. The van der Waals surface area contributed by atoms with Gasteiger partial charge in [0.15, 0.2) is 0 Å². The molecule has 0 aromatic heterocycles. The first-order valence-electron chi connectivity index (χ1n) is 3.75. The Bertz CT molecular complexity index is 245. The highest BCUT2D eigenvalue weighted by Crippen LogP contribution is 2.14. The topological polar surface area (TPSA) is 12.0 Å². The summed E-state index contributed by atoms with van der Waals surface area (Å²) in [6, 6.07) is 8.34. The molecule has 0 radical (unpaired) electrons. The van der Waals surface area contributed by atoms with Gasteiger partial charge in [-0.15, -0.1) is 6.58 Å². The molecule has 1 rings (SSSR count). The van der Waals surface area contributed by atoms with E-state index in [1.165, 1.54) is 11.3 Å². The highest BCUT2D eigenvalue weighted by molar-refractivity contribution is 6.16. The number of para-hydroxylation sites is 1. The second kappa shape index (κ2) is 3.98. The Morgan fingerprint density at radius 2 is 2.18 bits per heavy atom. The molecule has 0 saturated heterocycles. The molecule has 0 atom stereocenters. The fraction of sp³-hybridized carbons (Fsp3) is 0.111. The van der Waals surface area contributed by atoms with Crippen molar-refractivity contribution in [2.24, 2.45) is 0 Å². The number of allylic oxidation sites excluding steroid dienone is 1. The van der Waals surface area contributed by atoms with Crippen LogP contribution in [-0.4, -0.2) is 10.4 Å². The second-order valence-electron chi connectivity index (χ2n) is 2.40. The molecule has 0 aliphatic heterocycles. The highest BCUT2D eigenvalue weighted by Gasteiger charge is 1.94. The van der Waals surface area contributed by atoms with Crippen LogP contribution in [0, 0.1) is 0 Å². The molecule has 0 saturated carbocycles. The maximum atomic E-state index is 3.71. The lowest BCUT2D eigenvalue weighted by molar-refractivity contribution is 1.28. The number of rotatable bonds is 3. The first-order valence-corrected chi connectivity index (χ1v) is 4.75. The van der Waals surface area contributed by atoms with E-state index in [-0.39, 0.29) is 0 Å². The molecule has 0 aliphatic carbocycles. The Morgan fingerprint density at radius 3 is 2.82 bits per heavy atom. The third kappa shape index (κ3) is 1.95. The van der Waals surface area contributed by atoms with Crippen LogP contribution < -0.4 is 4.98 Å². The lowest BCUT2D eigenvalue weighted by atomic mass is 10.1. The third-order valence-electron chi connectivity index (χ3n) is 1.65. The minimum Gasteiger partial charge on any atom is -0.419 e. The smallest absolute Gasteiger partial charge is 0.104 e. The molecule has 58 valence electrons. The van der Waals surface area contributed by atoms with Crippen LogP contribution in [0.2, 0.25) is 0 Å². The van der Waals surface area contributed by atoms with Crippen LogP contribution in [-0.2, 0) is 6.42 Å². The van der Waals surface area contributed by atoms with Gasteiger partial charge in [0.25, 0.3) is 0 Å². The fourth-order valence-electron chi connectivity index (χ4n) is 1.10. The summed E-state index contributed by atoms with van der Waals surface area (Å²) in [6.07, 6.45) is 2.88. The summed E-state index contributed by atoms with van der Waals surface area (Å²) in [5.74, 6) is 0. The Balaban J connectivity index is 2.92. The van der Waals surface area contributed by atoms with E-state index in [1.807, 2.05) is 12.1 Å². The maximum Gasteiger partial charge on any atom is 0.104 e. The SMILES string of the molecule is C=CCc1ccccc1N[SiH3]. The van der Waals surface area contributed by atoms with Crippen LogP contribution in [0.25, 0.3) is 0 Å². The summed E-state index contributed by atoms with van der Waals surface area (Å²) in [5, 5.41) is 0. The maximum absolute atomic E-state index is 3.71. The van der Waals surface area contributed by atoms with E-state index in [0.29, 0.717) is 0 Å². The Kier molecular flexibility index (Phi) is 2.92. The van der Waals surface area contributed by atoms with Crippen LogP contribution >= 0.6 is 0 Å². The van der Waals surface area contributed by atoms with E-state index in [0.717, 1.165) is 16.8 Å². The summed E-state index contributed by atoms with van der Waals surface area (Å²) in [6.45, 7) is 3.71. The minimum absolute atomic E-state index is 0.950. The van der Waals surface area contributed by atoms with Gasteiger partial charge in [0, 0.05) is 5.69 Å². The van der Waals surface area contributed by atoms with Crippen molar-refractivity contribution in [3.8, 4) is 0 Å². The summed E-state index contributed by atoms with van der Waals surface area (Å²) < 4.78 is 0. The molecule has 0 bridgehead atoms. The quantitative estimate of drug-likeness (QED) is 0.520. The summed E-state index contributed by atoms with van der Waals surface area (Å²) in [5.41, 5.74) is 2.58. The van der Waals surface area contributed by atoms with E-state index in [1.54, 1.807) is 0 Å². The van der Waals surface area contributed by atoms with E-state index >= 15 is 0 Å². The average molecular weight is 163 g/mol. The molecule has 0 fully saturated rings. The van der Waals surface area contributed by atoms with Crippen molar-refractivity contribution in [1.82, 2.24) is 0 Å². The number of hydrogen-bond acceptors (Lipinski definition) is 1. The molecular weight excluding hydrogens is 150 g/mol. The van der Waals surface area contributed by atoms with Gasteiger partial charge in [-0.05, 0) is 18.1 Å². The van der Waals surface area contributed by atoms with E-state index in [9.17, 15) is 0 Å². The number of nitrogens with one attached hydrogen (secondary N) is 1. The van der Waals surface area contributed by atoms with Crippen molar-refractivity contribution in [2.75, 3.05) is 4.98 Å². The Morgan fingerprint density at radius 1 is 1.45 bits per heavy atom. The van der Waals surface area contributed by atoms with Crippen LogP contribution in [0.3, 0.4) is 0 Å². The first kappa shape index (κ1) is 8.08. The normalized spacial score (nSPS) is 9.45. The van der Waals surface area contributed by atoms with Gasteiger partial charge in [-0.2, -0.15) is 0 Å². The molecule has 1 aromatic carbocycles. The van der Waals surface area contributed by atoms with Crippen LogP contribution in [0.5, 0.6) is 0 Å². The highest BCUT2D eigenvalue weighted by atomic mass is 28.2. The van der Waals surface area contributed by atoms with Gasteiger partial charge in [-0.25, -0.2) is 0 Å². The molecule has 0 heterocycles. The third-order valence-corrected chi connectivity index (χ3v) is 2.19. The molecular formula is C9H13NSi. The first-order chi connectivity index (χ1) is 5.38. The standard InChI is InChI=1S/C9H13NSi/c1-2-5-8-6-3-4-7-9(8)10-11/h2-4,6-7,10H,1,5H2,11H3. The summed E-state index contributed by atoms with van der Waals surface area (Å²) in [7, 11) is 0.998. The Hall–Kier alpha value is -1.02. The van der Waals surface area contributed by atoms with Crippen molar-refractivity contribution in [1.29, 1.82) is 0 Å². The largest absolute Gasteiger partial charge is 0.419 e. The van der Waals surface area contributed by atoms with Gasteiger partial charge in [0.05, 0.1) is 0 Å². The molecule has 0 spiro atoms. The molecule has 11 heavy (non-hydrogen) atoms. The molecule has 1 aromatic rings.